The summed E-state index contributed by atoms with van der Waals surface area (Å²) < 4.78 is 4.60. The zero-order valence-corrected chi connectivity index (χ0v) is 9.60. The topological polar surface area (TPSA) is 152 Å². The number of esters is 1. The predicted octanol–water partition coefficient (Wildman–Crippen LogP) is -1.41. The summed E-state index contributed by atoms with van der Waals surface area (Å²) in [5.74, 6) is -2.12. The molecule has 7 N–H and O–H groups in total. The third-order valence-electron chi connectivity index (χ3n) is 1.95. The van der Waals surface area contributed by atoms with Crippen LogP contribution in [0.25, 0.3) is 0 Å². The highest BCUT2D eigenvalue weighted by Crippen LogP contribution is 2.00. The highest BCUT2D eigenvalue weighted by Gasteiger charge is 2.21. The van der Waals surface area contributed by atoms with E-state index in [-0.39, 0.29) is 5.96 Å². The highest BCUT2D eigenvalue weighted by atomic mass is 16.6. The van der Waals surface area contributed by atoms with E-state index in [9.17, 15) is 9.59 Å². The molecular formula is C9H18N4O4. The van der Waals surface area contributed by atoms with Crippen molar-refractivity contribution in [3.8, 4) is 0 Å². The first-order valence-electron chi connectivity index (χ1n) is 5.11. The van der Waals surface area contributed by atoms with E-state index in [0.717, 1.165) is 0 Å². The molecule has 1 unspecified atom stereocenters. The largest absolute Gasteiger partial charge is 0.479 e. The molecule has 0 fully saturated rings. The summed E-state index contributed by atoms with van der Waals surface area (Å²) >= 11 is 0. The van der Waals surface area contributed by atoms with Gasteiger partial charge < -0.3 is 26.6 Å². The number of guanidine groups is 1. The molecule has 0 aromatic rings. The van der Waals surface area contributed by atoms with Gasteiger partial charge in [-0.3, -0.25) is 10.2 Å². The summed E-state index contributed by atoms with van der Waals surface area (Å²) in [5, 5.41) is 18.0. The smallest absolute Gasteiger partial charge is 0.344 e. The third-order valence-corrected chi connectivity index (χ3v) is 1.95. The zero-order valence-electron chi connectivity index (χ0n) is 9.60. The fraction of sp³-hybridized carbons (Fsp3) is 0.667. The Morgan fingerprint density at radius 1 is 1.53 bits per heavy atom. The monoisotopic (exact) mass is 246 g/mol. The lowest BCUT2D eigenvalue weighted by Gasteiger charge is -2.14. The molecule has 8 heteroatoms. The molecule has 0 heterocycles. The van der Waals surface area contributed by atoms with Gasteiger partial charge in [0.25, 0.3) is 0 Å². The Labute approximate surface area is 98.8 Å². The summed E-state index contributed by atoms with van der Waals surface area (Å²) in [6.07, 6.45) is -0.355. The van der Waals surface area contributed by atoms with Gasteiger partial charge in [0.1, 0.15) is 6.04 Å². The number of hydrogen-bond acceptors (Lipinski definition) is 5. The van der Waals surface area contributed by atoms with Crippen molar-refractivity contribution in [3.05, 3.63) is 0 Å². The van der Waals surface area contributed by atoms with Crippen molar-refractivity contribution in [1.82, 2.24) is 5.32 Å². The Kier molecular flexibility index (Phi) is 6.64. The zero-order chi connectivity index (χ0) is 13.4. The third kappa shape index (κ3) is 7.12. The van der Waals surface area contributed by atoms with Crippen LogP contribution in [0, 0.1) is 5.41 Å². The maximum atomic E-state index is 11.3. The van der Waals surface area contributed by atoms with Gasteiger partial charge in [-0.05, 0) is 19.8 Å². The van der Waals surface area contributed by atoms with Crippen molar-refractivity contribution in [3.63, 3.8) is 0 Å². The van der Waals surface area contributed by atoms with Gasteiger partial charge in [0.15, 0.2) is 12.1 Å². The van der Waals surface area contributed by atoms with Crippen molar-refractivity contribution >= 4 is 17.9 Å². The fourth-order valence-electron chi connectivity index (χ4n) is 0.975. The minimum atomic E-state index is -1.22. The maximum absolute atomic E-state index is 11.3. The Bertz CT molecular complexity index is 295. The Balaban J connectivity index is 3.82. The van der Waals surface area contributed by atoms with Crippen LogP contribution in [0.3, 0.4) is 0 Å². The minimum Gasteiger partial charge on any atom is -0.479 e. The van der Waals surface area contributed by atoms with E-state index >= 15 is 0 Å². The quantitative estimate of drug-likeness (QED) is 0.160. The molecule has 98 valence electrons. The van der Waals surface area contributed by atoms with Crippen LogP contribution < -0.4 is 16.8 Å². The average molecular weight is 246 g/mol. The van der Waals surface area contributed by atoms with Gasteiger partial charge in [-0.2, -0.15) is 0 Å². The standard InChI is InChI=1S/C9H18N4O4/c1-5(7(14)15)17-8(16)6(10)3-2-4-13-9(11)12/h5-6H,2-4,10H2,1H3,(H,14,15)(H4,11,12,13)/t5?,6-/m0/s1. The van der Waals surface area contributed by atoms with Gasteiger partial charge in [0.2, 0.25) is 0 Å². The number of carbonyl (C=O) groups is 2. The maximum Gasteiger partial charge on any atom is 0.344 e. The molecule has 0 aliphatic heterocycles. The molecule has 0 bridgehead atoms. The fourth-order valence-corrected chi connectivity index (χ4v) is 0.975. The van der Waals surface area contributed by atoms with Crippen LogP contribution in [-0.4, -0.2) is 41.7 Å². The van der Waals surface area contributed by atoms with Crippen LogP contribution in [0.1, 0.15) is 19.8 Å². The molecule has 2 atom stereocenters. The lowest BCUT2D eigenvalue weighted by atomic mass is 10.1. The average Bonchev–Trinajstić information content (AvgIpc) is 2.23. The number of nitrogens with two attached hydrogens (primary N) is 2. The summed E-state index contributed by atoms with van der Waals surface area (Å²) in [6, 6.07) is -0.870. The van der Waals surface area contributed by atoms with Crippen LogP contribution >= 0.6 is 0 Å². The highest BCUT2D eigenvalue weighted by molar-refractivity contribution is 5.80. The Hall–Kier alpha value is -1.83. The summed E-state index contributed by atoms with van der Waals surface area (Å²) in [4.78, 5) is 21.7. The lowest BCUT2D eigenvalue weighted by Crippen LogP contribution is -2.37. The number of rotatable bonds is 7. The molecule has 0 spiro atoms. The van der Waals surface area contributed by atoms with Gasteiger partial charge in [0.05, 0.1) is 0 Å². The van der Waals surface area contributed by atoms with Gasteiger partial charge in [-0.15, -0.1) is 0 Å². The number of hydrogen-bond donors (Lipinski definition) is 5. The van der Waals surface area contributed by atoms with Crippen LogP contribution in [0.5, 0.6) is 0 Å². The van der Waals surface area contributed by atoms with Crippen molar-refractivity contribution in [1.29, 1.82) is 5.41 Å². The first-order valence-corrected chi connectivity index (χ1v) is 5.11. The van der Waals surface area contributed by atoms with Gasteiger partial charge in [-0.25, -0.2) is 4.79 Å². The molecule has 17 heavy (non-hydrogen) atoms. The number of aliphatic carboxylic acids is 1. The van der Waals surface area contributed by atoms with Crippen molar-refractivity contribution in [2.75, 3.05) is 6.54 Å². The van der Waals surface area contributed by atoms with E-state index in [4.69, 9.17) is 22.0 Å². The van der Waals surface area contributed by atoms with E-state index in [1.807, 2.05) is 0 Å². The van der Waals surface area contributed by atoms with Crippen LogP contribution in [0.4, 0.5) is 0 Å². The molecular weight excluding hydrogens is 228 g/mol. The van der Waals surface area contributed by atoms with E-state index < -0.39 is 24.1 Å². The summed E-state index contributed by atoms with van der Waals surface area (Å²) in [5.41, 5.74) is 10.6. The SMILES string of the molecule is CC(OC(=O)[C@@H](N)CCCNC(=N)N)C(=O)O. The van der Waals surface area contributed by atoms with Gasteiger partial charge in [-0.1, -0.05) is 0 Å². The van der Waals surface area contributed by atoms with Crippen molar-refractivity contribution < 1.29 is 19.4 Å². The predicted molar refractivity (Wildman–Crippen MR) is 60.3 cm³/mol. The van der Waals surface area contributed by atoms with Crippen molar-refractivity contribution in [2.45, 2.75) is 31.9 Å². The Morgan fingerprint density at radius 3 is 2.59 bits per heavy atom. The number of carbonyl (C=O) groups excluding carboxylic acids is 1. The van der Waals surface area contributed by atoms with Crippen LogP contribution in [-0.2, 0) is 14.3 Å². The first kappa shape index (κ1) is 15.2. The Morgan fingerprint density at radius 2 is 2.12 bits per heavy atom. The number of nitrogens with one attached hydrogen (secondary N) is 2. The molecule has 0 aliphatic rings. The van der Waals surface area contributed by atoms with Gasteiger partial charge in [0, 0.05) is 6.54 Å². The van der Waals surface area contributed by atoms with Gasteiger partial charge >= 0.3 is 11.9 Å². The first-order chi connectivity index (χ1) is 7.84. The van der Waals surface area contributed by atoms with Crippen molar-refractivity contribution in [2.24, 2.45) is 11.5 Å². The van der Waals surface area contributed by atoms with E-state index in [1.165, 1.54) is 6.92 Å². The molecule has 0 aliphatic carbocycles. The van der Waals surface area contributed by atoms with E-state index in [0.29, 0.717) is 19.4 Å². The second kappa shape index (κ2) is 7.44. The number of carboxylic acid groups (broad SMARTS) is 1. The summed E-state index contributed by atoms with van der Waals surface area (Å²) in [6.45, 7) is 1.68. The van der Waals surface area contributed by atoms with E-state index in [2.05, 4.69) is 10.1 Å². The molecule has 0 radical (unpaired) electrons. The molecule has 0 aromatic heterocycles. The second-order valence-electron chi connectivity index (χ2n) is 3.51. The summed E-state index contributed by atoms with van der Waals surface area (Å²) in [7, 11) is 0. The van der Waals surface area contributed by atoms with Crippen LogP contribution in [0.15, 0.2) is 0 Å². The molecule has 0 rings (SSSR count). The minimum absolute atomic E-state index is 0.152. The van der Waals surface area contributed by atoms with Crippen LogP contribution in [0.2, 0.25) is 0 Å². The normalized spacial score (nSPS) is 13.5. The second-order valence-corrected chi connectivity index (χ2v) is 3.51. The molecule has 0 amide bonds. The molecule has 0 saturated heterocycles. The molecule has 8 nitrogen and oxygen atoms in total. The number of ether oxygens (including phenoxy) is 1. The molecule has 0 aromatic carbocycles. The lowest BCUT2D eigenvalue weighted by molar-refractivity contribution is -0.163. The molecule has 0 saturated carbocycles. The van der Waals surface area contributed by atoms with E-state index in [1.54, 1.807) is 0 Å². The number of carboxylic acids is 1.